The number of aryl methyl sites for hydroxylation is 1. The number of halogens is 3. The van der Waals surface area contributed by atoms with E-state index in [1.807, 2.05) is 47.8 Å². The van der Waals surface area contributed by atoms with Gasteiger partial charge in [-0.05, 0) is 84.4 Å². The summed E-state index contributed by atoms with van der Waals surface area (Å²) in [5.41, 5.74) is 0.600. The average Bonchev–Trinajstić information content (AvgIpc) is 3.48. The number of alkyl carbamates (subject to hydrolysis) is 1. The van der Waals surface area contributed by atoms with Gasteiger partial charge in [-0.1, -0.05) is 18.2 Å². The van der Waals surface area contributed by atoms with E-state index >= 15 is 13.2 Å². The molecule has 5 rings (SSSR count). The third-order valence-corrected chi connectivity index (χ3v) is 8.16. The van der Waals surface area contributed by atoms with Gasteiger partial charge in [0.1, 0.15) is 35.3 Å². The molecule has 44 heavy (non-hydrogen) atoms. The van der Waals surface area contributed by atoms with E-state index in [0.717, 1.165) is 28.8 Å². The molecule has 3 aromatic rings. The van der Waals surface area contributed by atoms with Crippen molar-refractivity contribution in [3.8, 4) is 16.9 Å². The number of benzene rings is 2. The standard InChI is InChI=1S/C34H43F3N4O3/c1-8-40-18-24(17-38-40)22-9-10-26-23(14-22)13-21(2)41(19-33(6,7)37)30(26)29-27(35)15-25(16-28(29)36)43-20-34(11-12-34)39-31(42)44-32(3,4)5/h9-10,14-18,21,30H,8,11-13,19-20H2,1-7H3,(H,39,42)/t21-,30+/m1/s1. The normalized spacial score (nSPS) is 19.8. The highest BCUT2D eigenvalue weighted by atomic mass is 19.1. The van der Waals surface area contributed by atoms with Crippen LogP contribution < -0.4 is 10.1 Å². The largest absolute Gasteiger partial charge is 0.491 e. The van der Waals surface area contributed by atoms with Gasteiger partial charge < -0.3 is 14.8 Å². The first-order valence-corrected chi connectivity index (χ1v) is 15.3. The third-order valence-electron chi connectivity index (χ3n) is 8.16. The van der Waals surface area contributed by atoms with Crippen molar-refractivity contribution in [2.75, 3.05) is 13.2 Å². The van der Waals surface area contributed by atoms with Crippen LogP contribution in [0.4, 0.5) is 18.0 Å². The van der Waals surface area contributed by atoms with Gasteiger partial charge in [0.25, 0.3) is 0 Å². The fourth-order valence-corrected chi connectivity index (χ4v) is 5.89. The second kappa shape index (κ2) is 11.8. The van der Waals surface area contributed by atoms with Gasteiger partial charge in [0.15, 0.2) is 0 Å². The summed E-state index contributed by atoms with van der Waals surface area (Å²) in [6, 6.07) is 7.20. The lowest BCUT2D eigenvalue weighted by atomic mass is 9.82. The number of carbonyl (C=O) groups excluding carboxylic acids is 1. The molecule has 0 spiro atoms. The second-order valence-corrected chi connectivity index (χ2v) is 13.8. The summed E-state index contributed by atoms with van der Waals surface area (Å²) in [5.74, 6) is -1.53. The summed E-state index contributed by atoms with van der Waals surface area (Å²) < 4.78 is 60.1. The van der Waals surface area contributed by atoms with Crippen LogP contribution in [0.5, 0.6) is 5.75 Å². The fourth-order valence-electron chi connectivity index (χ4n) is 5.89. The molecule has 1 N–H and O–H groups in total. The Morgan fingerprint density at radius 2 is 1.77 bits per heavy atom. The highest BCUT2D eigenvalue weighted by Crippen LogP contribution is 2.43. The summed E-state index contributed by atoms with van der Waals surface area (Å²) in [5, 5.41) is 7.20. The molecule has 1 aliphatic carbocycles. The number of hydrogen-bond donors (Lipinski definition) is 1. The van der Waals surface area contributed by atoms with Crippen LogP contribution >= 0.6 is 0 Å². The van der Waals surface area contributed by atoms with E-state index in [4.69, 9.17) is 9.47 Å². The maximum absolute atomic E-state index is 16.0. The minimum Gasteiger partial charge on any atom is -0.491 e. The number of aromatic nitrogens is 2. The summed E-state index contributed by atoms with van der Waals surface area (Å²) in [6.45, 7) is 13.1. The molecule has 0 bridgehead atoms. The minimum atomic E-state index is -1.59. The van der Waals surface area contributed by atoms with Crippen molar-refractivity contribution >= 4 is 6.09 Å². The first-order valence-electron chi connectivity index (χ1n) is 15.3. The topological polar surface area (TPSA) is 68.6 Å². The van der Waals surface area contributed by atoms with Crippen molar-refractivity contribution in [1.29, 1.82) is 0 Å². The van der Waals surface area contributed by atoms with Crippen LogP contribution in [0.1, 0.15) is 84.0 Å². The molecule has 0 unspecified atom stereocenters. The zero-order chi connectivity index (χ0) is 32.0. The number of carbonyl (C=O) groups is 1. The zero-order valence-corrected chi connectivity index (χ0v) is 26.6. The number of nitrogens with zero attached hydrogens (tertiary/aromatic N) is 3. The first kappa shape index (κ1) is 31.9. The lowest BCUT2D eigenvalue weighted by Crippen LogP contribution is -2.48. The Morgan fingerprint density at radius 1 is 1.09 bits per heavy atom. The third kappa shape index (κ3) is 7.22. The highest BCUT2D eigenvalue weighted by Gasteiger charge is 2.46. The van der Waals surface area contributed by atoms with Gasteiger partial charge in [-0.15, -0.1) is 0 Å². The van der Waals surface area contributed by atoms with E-state index in [0.29, 0.717) is 19.3 Å². The number of hydrogen-bond acceptors (Lipinski definition) is 5. The Kier molecular flexibility index (Phi) is 8.52. The molecule has 1 aliphatic heterocycles. The second-order valence-electron chi connectivity index (χ2n) is 13.8. The van der Waals surface area contributed by atoms with Crippen molar-refractivity contribution < 1.29 is 27.4 Å². The van der Waals surface area contributed by atoms with Crippen LogP contribution in [0.25, 0.3) is 11.1 Å². The van der Waals surface area contributed by atoms with Crippen molar-refractivity contribution in [1.82, 2.24) is 20.0 Å². The molecular formula is C34H43F3N4O3. The van der Waals surface area contributed by atoms with Gasteiger partial charge in [-0.2, -0.15) is 5.10 Å². The predicted octanol–water partition coefficient (Wildman–Crippen LogP) is 7.37. The van der Waals surface area contributed by atoms with Crippen molar-refractivity contribution in [2.45, 2.75) is 103 Å². The summed E-state index contributed by atoms with van der Waals surface area (Å²) >= 11 is 0. The molecule has 2 atom stereocenters. The van der Waals surface area contributed by atoms with Gasteiger partial charge in [0, 0.05) is 48.6 Å². The number of alkyl halides is 1. The van der Waals surface area contributed by atoms with Crippen LogP contribution in [0.15, 0.2) is 42.7 Å². The molecular weight excluding hydrogens is 569 g/mol. The van der Waals surface area contributed by atoms with Crippen molar-refractivity contribution in [3.63, 3.8) is 0 Å². The summed E-state index contributed by atoms with van der Waals surface area (Å²) in [7, 11) is 0. The van der Waals surface area contributed by atoms with Gasteiger partial charge in [-0.25, -0.2) is 18.0 Å². The maximum Gasteiger partial charge on any atom is 0.408 e. The van der Waals surface area contributed by atoms with Crippen molar-refractivity contribution in [3.05, 3.63) is 71.1 Å². The molecule has 238 valence electrons. The maximum atomic E-state index is 16.0. The van der Waals surface area contributed by atoms with Crippen LogP contribution in [0, 0.1) is 11.6 Å². The Hall–Kier alpha value is -3.53. The molecule has 2 aromatic carbocycles. The molecule has 7 nitrogen and oxygen atoms in total. The number of fused-ring (bicyclic) bond motifs is 1. The molecule has 1 aromatic heterocycles. The number of ether oxygens (including phenoxy) is 2. The SMILES string of the molecule is CCn1cc(-c2ccc3c(c2)C[C@@H](C)N(CC(C)(C)F)[C@@H]3c2c(F)cc(OCC3(NC(=O)OC(C)(C)C)CC3)cc2F)cn1. The lowest BCUT2D eigenvalue weighted by Gasteiger charge is -2.44. The smallest absolute Gasteiger partial charge is 0.408 e. The minimum absolute atomic E-state index is 0.000713. The van der Waals surface area contributed by atoms with Crippen LogP contribution in [0.3, 0.4) is 0 Å². The lowest BCUT2D eigenvalue weighted by molar-refractivity contribution is 0.0476. The number of rotatable bonds is 9. The van der Waals surface area contributed by atoms with E-state index in [1.165, 1.54) is 26.0 Å². The van der Waals surface area contributed by atoms with Crippen LogP contribution in [0.2, 0.25) is 0 Å². The Morgan fingerprint density at radius 3 is 2.34 bits per heavy atom. The Labute approximate surface area is 257 Å². The molecule has 1 amide bonds. The first-order chi connectivity index (χ1) is 20.6. The van der Waals surface area contributed by atoms with Gasteiger partial charge in [-0.3, -0.25) is 9.58 Å². The summed E-state index contributed by atoms with van der Waals surface area (Å²) in [6.07, 6.45) is 5.16. The predicted molar refractivity (Wildman–Crippen MR) is 163 cm³/mol. The van der Waals surface area contributed by atoms with E-state index in [2.05, 4.69) is 10.4 Å². The molecule has 0 radical (unpaired) electrons. The Bertz CT molecular complexity index is 1500. The molecule has 2 heterocycles. The molecule has 0 saturated heterocycles. The van der Waals surface area contributed by atoms with Gasteiger partial charge in [0.2, 0.25) is 0 Å². The van der Waals surface area contributed by atoms with E-state index in [-0.39, 0.29) is 30.5 Å². The fraction of sp³-hybridized carbons (Fsp3) is 0.529. The molecule has 1 saturated carbocycles. The summed E-state index contributed by atoms with van der Waals surface area (Å²) in [4.78, 5) is 14.1. The van der Waals surface area contributed by atoms with Crippen LogP contribution in [-0.2, 0) is 17.7 Å². The molecule has 2 aliphatic rings. The molecule has 1 fully saturated rings. The van der Waals surface area contributed by atoms with Crippen LogP contribution in [-0.4, -0.2) is 56.8 Å². The number of nitrogens with one attached hydrogen (secondary N) is 1. The highest BCUT2D eigenvalue weighted by molar-refractivity contribution is 5.69. The molecule has 10 heteroatoms. The van der Waals surface area contributed by atoms with E-state index in [1.54, 1.807) is 27.0 Å². The van der Waals surface area contributed by atoms with Gasteiger partial charge >= 0.3 is 6.09 Å². The van der Waals surface area contributed by atoms with Crippen molar-refractivity contribution in [2.24, 2.45) is 0 Å². The monoisotopic (exact) mass is 612 g/mol. The van der Waals surface area contributed by atoms with E-state index < -0.39 is 40.6 Å². The van der Waals surface area contributed by atoms with Gasteiger partial charge in [0.05, 0.1) is 17.8 Å². The average molecular weight is 613 g/mol. The van der Waals surface area contributed by atoms with E-state index in [9.17, 15) is 4.79 Å². The quantitative estimate of drug-likeness (QED) is 0.273. The zero-order valence-electron chi connectivity index (χ0n) is 26.6. The number of amides is 1. The Balaban J connectivity index is 1.44.